The lowest BCUT2D eigenvalue weighted by Crippen LogP contribution is -2.41. The maximum absolute atomic E-state index is 12.4. The Morgan fingerprint density at radius 2 is 1.85 bits per heavy atom. The molecule has 0 radical (unpaired) electrons. The lowest BCUT2D eigenvalue weighted by molar-refractivity contribution is 0.00174. The minimum atomic E-state index is -0.460. The molecule has 33 heavy (non-hydrogen) atoms. The van der Waals surface area contributed by atoms with E-state index in [1.807, 2.05) is 18.2 Å². The van der Waals surface area contributed by atoms with Crippen LogP contribution in [0.2, 0.25) is 0 Å². The number of ether oxygens (including phenoxy) is 5. The van der Waals surface area contributed by atoms with Crippen LogP contribution in [0.25, 0.3) is 11.4 Å². The van der Waals surface area contributed by atoms with Crippen molar-refractivity contribution in [1.29, 1.82) is 0 Å². The molecule has 2 aromatic rings. The third-order valence-electron chi connectivity index (χ3n) is 6.77. The second-order valence-electron chi connectivity index (χ2n) is 8.89. The van der Waals surface area contributed by atoms with Gasteiger partial charge in [-0.25, -0.2) is 9.48 Å². The molecule has 1 saturated carbocycles. The molecule has 0 bridgehead atoms. The number of benzene rings is 1. The Morgan fingerprint density at radius 1 is 1.03 bits per heavy atom. The number of carbonyl (C=O) groups is 1. The average molecular weight is 457 g/mol. The van der Waals surface area contributed by atoms with Gasteiger partial charge in [0, 0.05) is 11.6 Å². The predicted molar refractivity (Wildman–Crippen MR) is 113 cm³/mol. The van der Waals surface area contributed by atoms with E-state index in [-0.39, 0.29) is 30.9 Å². The van der Waals surface area contributed by atoms with Crippen LogP contribution in [0, 0.1) is 0 Å². The van der Waals surface area contributed by atoms with Gasteiger partial charge in [-0.2, -0.15) is 0 Å². The van der Waals surface area contributed by atoms with Gasteiger partial charge in [0.15, 0.2) is 23.4 Å². The Hall–Kier alpha value is -2.92. The summed E-state index contributed by atoms with van der Waals surface area (Å²) < 4.78 is 30.7. The fourth-order valence-corrected chi connectivity index (χ4v) is 5.13. The summed E-state index contributed by atoms with van der Waals surface area (Å²) in [4.78, 5) is 12.4. The summed E-state index contributed by atoms with van der Waals surface area (Å²) in [6, 6.07) is 5.60. The van der Waals surface area contributed by atoms with Crippen molar-refractivity contribution in [2.45, 2.75) is 62.5 Å². The van der Waals surface area contributed by atoms with Gasteiger partial charge in [0.25, 0.3) is 0 Å². The first-order chi connectivity index (χ1) is 16.3. The van der Waals surface area contributed by atoms with Gasteiger partial charge in [0.2, 0.25) is 0 Å². The largest absolute Gasteiger partial charge is 0.486 e. The first-order valence-corrected chi connectivity index (χ1v) is 11.6. The Morgan fingerprint density at radius 3 is 2.73 bits per heavy atom. The van der Waals surface area contributed by atoms with Crippen LogP contribution in [-0.2, 0) is 14.2 Å². The third-order valence-corrected chi connectivity index (χ3v) is 6.77. The summed E-state index contributed by atoms with van der Waals surface area (Å²) >= 11 is 0. The zero-order valence-corrected chi connectivity index (χ0v) is 18.2. The van der Waals surface area contributed by atoms with Gasteiger partial charge in [-0.05, 0) is 41.5 Å². The number of hydrogen-bond acceptors (Lipinski definition) is 9. The highest BCUT2D eigenvalue weighted by Gasteiger charge is 2.51. The SMILES string of the molecule is O=C(NC1CCCCC1)O[C@@H]1CO[C@H]2[C@@H]1OC[C@@H]2n1nnnc1-c1ccc2c(c1)OCCO2. The summed E-state index contributed by atoms with van der Waals surface area (Å²) in [6.45, 7) is 1.68. The van der Waals surface area contributed by atoms with E-state index in [0.29, 0.717) is 37.1 Å². The zero-order valence-electron chi connectivity index (χ0n) is 18.2. The highest BCUT2D eigenvalue weighted by molar-refractivity contribution is 5.68. The van der Waals surface area contributed by atoms with Gasteiger partial charge in [0.1, 0.15) is 31.5 Å². The number of fused-ring (bicyclic) bond motifs is 2. The van der Waals surface area contributed by atoms with Crippen molar-refractivity contribution in [3.63, 3.8) is 0 Å². The molecule has 11 heteroatoms. The number of alkyl carbamates (subject to hydrolysis) is 1. The summed E-state index contributed by atoms with van der Waals surface area (Å²) in [5.41, 5.74) is 0.811. The fourth-order valence-electron chi connectivity index (χ4n) is 5.13. The Balaban J connectivity index is 1.14. The van der Waals surface area contributed by atoms with E-state index in [1.165, 1.54) is 6.42 Å². The van der Waals surface area contributed by atoms with Crippen LogP contribution in [-0.4, -0.2) is 77.1 Å². The van der Waals surface area contributed by atoms with Crippen LogP contribution in [0.4, 0.5) is 4.79 Å². The normalized spacial score (nSPS) is 29.0. The molecule has 0 unspecified atom stereocenters. The molecule has 176 valence electrons. The lowest BCUT2D eigenvalue weighted by atomic mass is 9.96. The Labute approximate surface area is 190 Å². The Kier molecular flexibility index (Phi) is 5.50. The minimum Gasteiger partial charge on any atom is -0.486 e. The molecule has 3 fully saturated rings. The van der Waals surface area contributed by atoms with Crippen LogP contribution in [0.3, 0.4) is 0 Å². The number of nitrogens with zero attached hydrogens (tertiary/aromatic N) is 4. The van der Waals surface area contributed by atoms with E-state index < -0.39 is 12.2 Å². The van der Waals surface area contributed by atoms with Crippen molar-refractivity contribution in [2.75, 3.05) is 26.4 Å². The predicted octanol–water partition coefficient (Wildman–Crippen LogP) is 1.88. The van der Waals surface area contributed by atoms with Gasteiger partial charge in [-0.1, -0.05) is 19.3 Å². The smallest absolute Gasteiger partial charge is 0.407 e. The van der Waals surface area contributed by atoms with Crippen molar-refractivity contribution in [1.82, 2.24) is 25.5 Å². The van der Waals surface area contributed by atoms with Crippen LogP contribution in [0.15, 0.2) is 18.2 Å². The molecule has 4 heterocycles. The lowest BCUT2D eigenvalue weighted by Gasteiger charge is -2.24. The number of aromatic nitrogens is 4. The summed E-state index contributed by atoms with van der Waals surface area (Å²) in [5, 5.41) is 15.3. The highest BCUT2D eigenvalue weighted by Crippen LogP contribution is 2.38. The van der Waals surface area contributed by atoms with Crippen LogP contribution in [0.1, 0.15) is 38.1 Å². The van der Waals surface area contributed by atoms with Crippen molar-refractivity contribution in [3.05, 3.63) is 18.2 Å². The zero-order chi connectivity index (χ0) is 22.2. The molecular formula is C22H27N5O6. The van der Waals surface area contributed by atoms with Crippen molar-refractivity contribution >= 4 is 6.09 Å². The van der Waals surface area contributed by atoms with E-state index in [1.54, 1.807) is 4.68 Å². The highest BCUT2D eigenvalue weighted by atomic mass is 16.6. The van der Waals surface area contributed by atoms with E-state index in [9.17, 15) is 4.79 Å². The number of tetrazole rings is 1. The standard InChI is InChI=1S/C22H27N5O6/c28-22(23-14-4-2-1-3-5-14)33-18-12-32-19-15(11-31-20(18)19)27-21(24-25-26-27)13-6-7-16-17(10-13)30-9-8-29-16/h6-7,10,14-15,18-20H,1-5,8-9,11-12H2,(H,23,28)/t15-,18+,19+,20+/m0/s1. The molecule has 1 aliphatic carbocycles. The quantitative estimate of drug-likeness (QED) is 0.734. The van der Waals surface area contributed by atoms with Crippen LogP contribution in [0.5, 0.6) is 11.5 Å². The molecule has 1 aromatic carbocycles. The molecule has 4 atom stereocenters. The van der Waals surface area contributed by atoms with Crippen molar-refractivity contribution in [3.8, 4) is 22.9 Å². The maximum atomic E-state index is 12.4. The molecule has 1 N–H and O–H groups in total. The molecule has 11 nitrogen and oxygen atoms in total. The molecule has 0 spiro atoms. The molecule has 1 aromatic heterocycles. The van der Waals surface area contributed by atoms with Crippen molar-refractivity contribution < 1.29 is 28.5 Å². The maximum Gasteiger partial charge on any atom is 0.407 e. The van der Waals surface area contributed by atoms with Crippen LogP contribution < -0.4 is 14.8 Å². The van der Waals surface area contributed by atoms with E-state index in [4.69, 9.17) is 23.7 Å². The number of carbonyl (C=O) groups excluding carboxylic acids is 1. The average Bonchev–Trinajstić information content (AvgIpc) is 3.57. The van der Waals surface area contributed by atoms with Gasteiger partial charge < -0.3 is 29.0 Å². The summed E-state index contributed by atoms with van der Waals surface area (Å²) in [6.07, 6.45) is 4.00. The topological polar surface area (TPSA) is 119 Å². The van der Waals surface area contributed by atoms with Gasteiger partial charge in [-0.3, -0.25) is 0 Å². The van der Waals surface area contributed by atoms with Crippen LogP contribution >= 0.6 is 0 Å². The summed E-state index contributed by atoms with van der Waals surface area (Å²) in [5.74, 6) is 1.96. The summed E-state index contributed by atoms with van der Waals surface area (Å²) in [7, 11) is 0. The molecule has 3 aliphatic heterocycles. The fraction of sp³-hybridized carbons (Fsp3) is 0.636. The number of rotatable bonds is 4. The molecule has 6 rings (SSSR count). The van der Waals surface area contributed by atoms with Gasteiger partial charge in [-0.15, -0.1) is 5.10 Å². The monoisotopic (exact) mass is 457 g/mol. The van der Waals surface area contributed by atoms with Gasteiger partial charge >= 0.3 is 6.09 Å². The molecular weight excluding hydrogens is 430 g/mol. The van der Waals surface area contributed by atoms with E-state index >= 15 is 0 Å². The molecule has 2 saturated heterocycles. The number of amides is 1. The molecule has 4 aliphatic rings. The van der Waals surface area contributed by atoms with E-state index in [2.05, 4.69) is 20.8 Å². The number of nitrogens with one attached hydrogen (secondary N) is 1. The van der Waals surface area contributed by atoms with E-state index in [0.717, 1.165) is 31.2 Å². The third kappa shape index (κ3) is 3.99. The first-order valence-electron chi connectivity index (χ1n) is 11.6. The second-order valence-corrected chi connectivity index (χ2v) is 8.89. The van der Waals surface area contributed by atoms with Gasteiger partial charge in [0.05, 0.1) is 13.2 Å². The molecule has 1 amide bonds. The van der Waals surface area contributed by atoms with Crippen molar-refractivity contribution in [2.24, 2.45) is 0 Å². The second kappa shape index (κ2) is 8.79. The Bertz CT molecular complexity index is 1010. The number of hydrogen-bond donors (Lipinski definition) is 1. The first kappa shape index (κ1) is 20.7. The minimum absolute atomic E-state index is 0.191.